The number of benzene rings is 2. The maximum absolute atomic E-state index is 13.0. The molecule has 0 aromatic heterocycles. The van der Waals surface area contributed by atoms with Gasteiger partial charge in [0.1, 0.15) is 11.5 Å². The van der Waals surface area contributed by atoms with Gasteiger partial charge >= 0.3 is 0 Å². The Kier molecular flexibility index (Phi) is 4.86. The molecule has 1 aliphatic heterocycles. The van der Waals surface area contributed by atoms with Crippen molar-refractivity contribution >= 4 is 5.78 Å². The molecule has 1 heterocycles. The standard InChI is InChI=1S/C20H23NO3/c1-14(21-11-10-15-6-4-5-7-16(15)13-21)20(22)18-12-17(23-2)8-9-19(18)24-3/h4-9,12,14H,10-11,13H2,1-3H3. The zero-order valence-electron chi connectivity index (χ0n) is 14.4. The van der Waals surface area contributed by atoms with Crippen LogP contribution in [0.4, 0.5) is 0 Å². The van der Waals surface area contributed by atoms with E-state index in [-0.39, 0.29) is 11.8 Å². The second-order valence-electron chi connectivity index (χ2n) is 6.10. The van der Waals surface area contributed by atoms with Gasteiger partial charge in [0.2, 0.25) is 0 Å². The molecule has 2 aromatic carbocycles. The summed E-state index contributed by atoms with van der Waals surface area (Å²) in [6.07, 6.45) is 0.975. The largest absolute Gasteiger partial charge is 0.497 e. The summed E-state index contributed by atoms with van der Waals surface area (Å²) in [5.74, 6) is 1.31. The number of rotatable bonds is 5. The number of carbonyl (C=O) groups excluding carboxylic acids is 1. The first kappa shape index (κ1) is 16.5. The second-order valence-corrected chi connectivity index (χ2v) is 6.10. The predicted molar refractivity (Wildman–Crippen MR) is 93.9 cm³/mol. The number of hydrogen-bond donors (Lipinski definition) is 0. The van der Waals surface area contributed by atoms with Crippen LogP contribution in [-0.2, 0) is 13.0 Å². The molecule has 0 amide bonds. The van der Waals surface area contributed by atoms with Crippen LogP contribution < -0.4 is 9.47 Å². The van der Waals surface area contributed by atoms with E-state index in [0.29, 0.717) is 17.1 Å². The number of nitrogens with zero attached hydrogens (tertiary/aromatic N) is 1. The molecule has 0 saturated carbocycles. The number of methoxy groups -OCH3 is 2. The molecule has 4 nitrogen and oxygen atoms in total. The monoisotopic (exact) mass is 325 g/mol. The van der Waals surface area contributed by atoms with E-state index in [0.717, 1.165) is 19.5 Å². The lowest BCUT2D eigenvalue weighted by Gasteiger charge is -2.33. The fraction of sp³-hybridized carbons (Fsp3) is 0.350. The van der Waals surface area contributed by atoms with Gasteiger partial charge < -0.3 is 9.47 Å². The summed E-state index contributed by atoms with van der Waals surface area (Å²) in [7, 11) is 3.18. The van der Waals surface area contributed by atoms with Crippen LogP contribution in [0.5, 0.6) is 11.5 Å². The first-order chi connectivity index (χ1) is 11.6. The highest BCUT2D eigenvalue weighted by atomic mass is 16.5. The van der Waals surface area contributed by atoms with Crippen LogP contribution in [0.2, 0.25) is 0 Å². The van der Waals surface area contributed by atoms with Crippen molar-refractivity contribution < 1.29 is 14.3 Å². The predicted octanol–water partition coefficient (Wildman–Crippen LogP) is 3.33. The summed E-state index contributed by atoms with van der Waals surface area (Å²) in [4.78, 5) is 15.3. The zero-order chi connectivity index (χ0) is 17.1. The van der Waals surface area contributed by atoms with E-state index in [1.165, 1.54) is 11.1 Å². The first-order valence-corrected chi connectivity index (χ1v) is 8.21. The molecule has 1 atom stereocenters. The number of Topliss-reactive ketones (excluding diaryl/α,β-unsaturated/α-hetero) is 1. The third-order valence-corrected chi connectivity index (χ3v) is 4.76. The van der Waals surface area contributed by atoms with E-state index in [9.17, 15) is 4.79 Å². The van der Waals surface area contributed by atoms with Gasteiger partial charge in [-0.3, -0.25) is 9.69 Å². The van der Waals surface area contributed by atoms with Gasteiger partial charge in [-0.25, -0.2) is 0 Å². The summed E-state index contributed by atoms with van der Waals surface area (Å²) in [6, 6.07) is 13.6. The molecule has 1 aliphatic rings. The molecule has 3 rings (SSSR count). The molecular weight excluding hydrogens is 302 g/mol. The van der Waals surface area contributed by atoms with E-state index in [4.69, 9.17) is 9.47 Å². The summed E-state index contributed by atoms with van der Waals surface area (Å²) >= 11 is 0. The topological polar surface area (TPSA) is 38.8 Å². The summed E-state index contributed by atoms with van der Waals surface area (Å²) in [5, 5.41) is 0. The Labute approximate surface area is 143 Å². The Morgan fingerprint density at radius 2 is 1.83 bits per heavy atom. The fourth-order valence-corrected chi connectivity index (χ4v) is 3.25. The normalized spacial score (nSPS) is 15.5. The van der Waals surface area contributed by atoms with Gasteiger partial charge in [0.25, 0.3) is 0 Å². The molecule has 0 radical (unpaired) electrons. The molecule has 0 bridgehead atoms. The maximum Gasteiger partial charge on any atom is 0.183 e. The van der Waals surface area contributed by atoms with E-state index in [1.54, 1.807) is 32.4 Å². The Bertz CT molecular complexity index is 741. The van der Waals surface area contributed by atoms with Crippen LogP contribution in [0.1, 0.15) is 28.4 Å². The molecule has 126 valence electrons. The molecule has 0 saturated heterocycles. The quantitative estimate of drug-likeness (QED) is 0.791. The third kappa shape index (κ3) is 3.15. The highest BCUT2D eigenvalue weighted by Crippen LogP contribution is 2.28. The van der Waals surface area contributed by atoms with Crippen LogP contribution in [0.15, 0.2) is 42.5 Å². The maximum atomic E-state index is 13.0. The van der Waals surface area contributed by atoms with Crippen LogP contribution in [0.3, 0.4) is 0 Å². The highest BCUT2D eigenvalue weighted by Gasteiger charge is 2.27. The fourth-order valence-electron chi connectivity index (χ4n) is 3.25. The van der Waals surface area contributed by atoms with Crippen molar-refractivity contribution in [3.63, 3.8) is 0 Å². The number of hydrogen-bond acceptors (Lipinski definition) is 4. The number of ether oxygens (including phenoxy) is 2. The van der Waals surface area contributed by atoms with Crippen molar-refractivity contribution in [2.75, 3.05) is 20.8 Å². The Morgan fingerprint density at radius 3 is 2.54 bits per heavy atom. The average molecular weight is 325 g/mol. The number of ketones is 1. The van der Waals surface area contributed by atoms with Gasteiger partial charge in [-0.15, -0.1) is 0 Å². The SMILES string of the molecule is COc1ccc(OC)c(C(=O)C(C)N2CCc3ccccc3C2)c1. The lowest BCUT2D eigenvalue weighted by atomic mass is 9.96. The van der Waals surface area contributed by atoms with Crippen molar-refractivity contribution in [3.8, 4) is 11.5 Å². The molecular formula is C20H23NO3. The summed E-state index contributed by atoms with van der Waals surface area (Å²) in [5.41, 5.74) is 3.26. The van der Waals surface area contributed by atoms with E-state index in [1.807, 2.05) is 6.92 Å². The van der Waals surface area contributed by atoms with Crippen molar-refractivity contribution in [3.05, 3.63) is 59.2 Å². The molecule has 4 heteroatoms. The van der Waals surface area contributed by atoms with Crippen LogP contribution in [0, 0.1) is 0 Å². The summed E-state index contributed by atoms with van der Waals surface area (Å²) in [6.45, 7) is 3.65. The molecule has 0 fully saturated rings. The lowest BCUT2D eigenvalue weighted by Crippen LogP contribution is -2.42. The van der Waals surface area contributed by atoms with Crippen molar-refractivity contribution in [2.24, 2.45) is 0 Å². The molecule has 0 aliphatic carbocycles. The molecule has 0 spiro atoms. The summed E-state index contributed by atoms with van der Waals surface area (Å²) < 4.78 is 10.6. The van der Waals surface area contributed by atoms with Crippen LogP contribution in [0.25, 0.3) is 0 Å². The minimum Gasteiger partial charge on any atom is -0.497 e. The van der Waals surface area contributed by atoms with Crippen LogP contribution in [-0.4, -0.2) is 37.5 Å². The lowest BCUT2D eigenvalue weighted by molar-refractivity contribution is 0.0816. The highest BCUT2D eigenvalue weighted by molar-refractivity contribution is 6.02. The molecule has 1 unspecified atom stereocenters. The molecule has 24 heavy (non-hydrogen) atoms. The van der Waals surface area contributed by atoms with Gasteiger partial charge in [-0.1, -0.05) is 24.3 Å². The van der Waals surface area contributed by atoms with Gasteiger partial charge in [-0.2, -0.15) is 0 Å². The second kappa shape index (κ2) is 7.05. The minimum atomic E-state index is -0.209. The third-order valence-electron chi connectivity index (χ3n) is 4.76. The van der Waals surface area contributed by atoms with Crippen LogP contribution >= 0.6 is 0 Å². The van der Waals surface area contributed by atoms with E-state index >= 15 is 0 Å². The molecule has 2 aromatic rings. The number of fused-ring (bicyclic) bond motifs is 1. The van der Waals surface area contributed by atoms with Crippen molar-refractivity contribution in [2.45, 2.75) is 25.9 Å². The van der Waals surface area contributed by atoms with Gasteiger partial charge in [-0.05, 0) is 42.7 Å². The number of carbonyl (C=O) groups is 1. The van der Waals surface area contributed by atoms with Gasteiger partial charge in [0, 0.05) is 13.1 Å². The Balaban J connectivity index is 1.83. The Hall–Kier alpha value is -2.33. The first-order valence-electron chi connectivity index (χ1n) is 8.21. The van der Waals surface area contributed by atoms with Crippen molar-refractivity contribution in [1.82, 2.24) is 4.90 Å². The van der Waals surface area contributed by atoms with E-state index in [2.05, 4.69) is 29.2 Å². The smallest absolute Gasteiger partial charge is 0.183 e. The van der Waals surface area contributed by atoms with E-state index < -0.39 is 0 Å². The zero-order valence-corrected chi connectivity index (χ0v) is 14.4. The minimum absolute atomic E-state index is 0.0603. The van der Waals surface area contributed by atoms with Gasteiger partial charge in [0.15, 0.2) is 5.78 Å². The van der Waals surface area contributed by atoms with Gasteiger partial charge in [0.05, 0.1) is 25.8 Å². The van der Waals surface area contributed by atoms with Crippen molar-refractivity contribution in [1.29, 1.82) is 0 Å². The molecule has 0 N–H and O–H groups in total. The average Bonchev–Trinajstić information content (AvgIpc) is 2.65. The Morgan fingerprint density at radius 1 is 1.08 bits per heavy atom.